The SMILES string of the molecule is CCNC(c1cccc2nccnc12)c1c(Br)cnn1C. The Morgan fingerprint density at radius 3 is 2.81 bits per heavy atom. The minimum Gasteiger partial charge on any atom is -0.305 e. The van der Waals surface area contributed by atoms with Crippen molar-refractivity contribution in [2.45, 2.75) is 13.0 Å². The van der Waals surface area contributed by atoms with E-state index in [0.29, 0.717) is 0 Å². The van der Waals surface area contributed by atoms with Crippen LogP contribution in [-0.4, -0.2) is 26.3 Å². The van der Waals surface area contributed by atoms with Crippen molar-refractivity contribution in [1.82, 2.24) is 25.1 Å². The largest absolute Gasteiger partial charge is 0.305 e. The lowest BCUT2D eigenvalue weighted by atomic mass is 10.0. The lowest BCUT2D eigenvalue weighted by molar-refractivity contribution is 0.573. The molecule has 1 atom stereocenters. The smallest absolute Gasteiger partial charge is 0.0938 e. The number of hydrogen-bond donors (Lipinski definition) is 1. The Bertz CT molecular complexity index is 743. The zero-order valence-corrected chi connectivity index (χ0v) is 13.5. The van der Waals surface area contributed by atoms with Crippen molar-refractivity contribution in [3.8, 4) is 0 Å². The molecule has 0 saturated carbocycles. The zero-order chi connectivity index (χ0) is 14.8. The van der Waals surface area contributed by atoms with Crippen molar-refractivity contribution < 1.29 is 0 Å². The topological polar surface area (TPSA) is 55.6 Å². The van der Waals surface area contributed by atoms with Gasteiger partial charge in [0.15, 0.2) is 0 Å². The van der Waals surface area contributed by atoms with Crippen molar-refractivity contribution in [1.29, 1.82) is 0 Å². The van der Waals surface area contributed by atoms with Crippen LogP contribution in [0, 0.1) is 0 Å². The molecule has 0 spiro atoms. The van der Waals surface area contributed by atoms with E-state index in [4.69, 9.17) is 0 Å². The summed E-state index contributed by atoms with van der Waals surface area (Å²) in [6, 6.07) is 6.09. The fraction of sp³-hybridized carbons (Fsp3) is 0.267. The van der Waals surface area contributed by atoms with Gasteiger partial charge in [-0.15, -0.1) is 0 Å². The zero-order valence-electron chi connectivity index (χ0n) is 11.9. The summed E-state index contributed by atoms with van der Waals surface area (Å²) in [6.45, 7) is 2.94. The minimum absolute atomic E-state index is 0.0114. The highest BCUT2D eigenvalue weighted by Crippen LogP contribution is 2.31. The third-order valence-electron chi connectivity index (χ3n) is 3.46. The Balaban J connectivity index is 2.21. The molecule has 1 N–H and O–H groups in total. The number of rotatable bonds is 4. The first kappa shape index (κ1) is 14.2. The lowest BCUT2D eigenvalue weighted by Gasteiger charge is -2.20. The Kier molecular flexibility index (Phi) is 3.98. The number of aromatic nitrogens is 4. The number of para-hydroxylation sites is 1. The highest BCUT2D eigenvalue weighted by molar-refractivity contribution is 9.10. The monoisotopic (exact) mass is 345 g/mol. The molecule has 0 bridgehead atoms. The first-order chi connectivity index (χ1) is 10.2. The molecular weight excluding hydrogens is 330 g/mol. The number of fused-ring (bicyclic) bond motifs is 1. The Morgan fingerprint density at radius 1 is 1.29 bits per heavy atom. The number of halogens is 1. The number of benzene rings is 1. The molecule has 5 nitrogen and oxygen atoms in total. The molecule has 0 amide bonds. The van der Waals surface area contributed by atoms with Gasteiger partial charge in [0.2, 0.25) is 0 Å². The first-order valence-electron chi connectivity index (χ1n) is 6.82. The van der Waals surface area contributed by atoms with Gasteiger partial charge in [-0.2, -0.15) is 5.10 Å². The van der Waals surface area contributed by atoms with E-state index < -0.39 is 0 Å². The lowest BCUT2D eigenvalue weighted by Crippen LogP contribution is -2.25. The molecule has 0 aliphatic heterocycles. The molecule has 3 rings (SSSR count). The van der Waals surface area contributed by atoms with Gasteiger partial charge in [0, 0.05) is 25.0 Å². The van der Waals surface area contributed by atoms with Crippen LogP contribution in [0.1, 0.15) is 24.2 Å². The van der Waals surface area contributed by atoms with E-state index in [0.717, 1.165) is 33.3 Å². The summed E-state index contributed by atoms with van der Waals surface area (Å²) in [5, 5.41) is 7.84. The number of nitrogens with zero attached hydrogens (tertiary/aromatic N) is 4. The third-order valence-corrected chi connectivity index (χ3v) is 4.07. The van der Waals surface area contributed by atoms with Crippen LogP contribution in [-0.2, 0) is 7.05 Å². The fourth-order valence-corrected chi connectivity index (χ4v) is 3.13. The third kappa shape index (κ3) is 2.56. The summed E-state index contributed by atoms with van der Waals surface area (Å²) in [4.78, 5) is 8.89. The first-order valence-corrected chi connectivity index (χ1v) is 7.62. The van der Waals surface area contributed by atoms with E-state index in [-0.39, 0.29) is 6.04 Å². The van der Waals surface area contributed by atoms with Crippen LogP contribution in [0.4, 0.5) is 0 Å². The van der Waals surface area contributed by atoms with Gasteiger partial charge in [0.05, 0.1) is 33.4 Å². The summed E-state index contributed by atoms with van der Waals surface area (Å²) < 4.78 is 2.86. The molecular formula is C15H16BrN5. The Hall–Kier alpha value is -1.79. The average Bonchev–Trinajstić information content (AvgIpc) is 2.84. The van der Waals surface area contributed by atoms with Crippen LogP contribution < -0.4 is 5.32 Å². The molecule has 1 unspecified atom stereocenters. The second-order valence-corrected chi connectivity index (χ2v) is 5.62. The Morgan fingerprint density at radius 2 is 2.10 bits per heavy atom. The summed E-state index contributed by atoms with van der Waals surface area (Å²) in [6.07, 6.45) is 5.26. The second kappa shape index (κ2) is 5.91. The highest BCUT2D eigenvalue weighted by atomic mass is 79.9. The van der Waals surface area contributed by atoms with Crippen molar-refractivity contribution in [2.75, 3.05) is 6.54 Å². The molecule has 2 aromatic heterocycles. The molecule has 21 heavy (non-hydrogen) atoms. The van der Waals surface area contributed by atoms with Crippen molar-refractivity contribution >= 4 is 27.0 Å². The fourth-order valence-electron chi connectivity index (χ4n) is 2.55. The van der Waals surface area contributed by atoms with E-state index in [1.165, 1.54) is 0 Å². The van der Waals surface area contributed by atoms with Gasteiger partial charge in [0.25, 0.3) is 0 Å². The maximum Gasteiger partial charge on any atom is 0.0938 e. The standard InChI is InChI=1S/C15H16BrN5/c1-3-17-14(15-11(16)9-20-21(15)2)10-5-4-6-12-13(10)19-8-7-18-12/h4-9,14,17H,3H2,1-2H3. The Labute approximate surface area is 131 Å². The van der Waals surface area contributed by atoms with Crippen LogP contribution in [0.25, 0.3) is 11.0 Å². The molecule has 0 aliphatic carbocycles. The number of nitrogens with one attached hydrogen (secondary N) is 1. The van der Waals surface area contributed by atoms with E-state index in [1.807, 2.05) is 30.1 Å². The predicted molar refractivity (Wildman–Crippen MR) is 86.0 cm³/mol. The van der Waals surface area contributed by atoms with Crippen LogP contribution in [0.3, 0.4) is 0 Å². The maximum absolute atomic E-state index is 4.51. The van der Waals surface area contributed by atoms with Gasteiger partial charge in [-0.05, 0) is 28.5 Å². The van der Waals surface area contributed by atoms with Crippen LogP contribution in [0.2, 0.25) is 0 Å². The van der Waals surface area contributed by atoms with Gasteiger partial charge < -0.3 is 5.32 Å². The molecule has 0 radical (unpaired) electrons. The highest BCUT2D eigenvalue weighted by Gasteiger charge is 2.22. The summed E-state index contributed by atoms with van der Waals surface area (Å²) in [7, 11) is 1.95. The summed E-state index contributed by atoms with van der Waals surface area (Å²) >= 11 is 3.59. The van der Waals surface area contributed by atoms with E-state index in [9.17, 15) is 0 Å². The quantitative estimate of drug-likeness (QED) is 0.789. The summed E-state index contributed by atoms with van der Waals surface area (Å²) in [5.41, 5.74) is 4.00. The number of hydrogen-bond acceptors (Lipinski definition) is 4. The van der Waals surface area contributed by atoms with Crippen LogP contribution >= 0.6 is 15.9 Å². The van der Waals surface area contributed by atoms with E-state index in [1.54, 1.807) is 12.4 Å². The minimum atomic E-state index is 0.0114. The van der Waals surface area contributed by atoms with Crippen molar-refractivity contribution in [2.24, 2.45) is 7.05 Å². The van der Waals surface area contributed by atoms with E-state index in [2.05, 4.69) is 49.3 Å². The van der Waals surface area contributed by atoms with Crippen LogP contribution in [0.15, 0.2) is 41.3 Å². The second-order valence-electron chi connectivity index (χ2n) is 4.76. The molecule has 1 aromatic carbocycles. The van der Waals surface area contributed by atoms with Crippen molar-refractivity contribution in [3.05, 3.63) is 52.5 Å². The average molecular weight is 346 g/mol. The van der Waals surface area contributed by atoms with Crippen molar-refractivity contribution in [3.63, 3.8) is 0 Å². The maximum atomic E-state index is 4.51. The summed E-state index contributed by atoms with van der Waals surface area (Å²) in [5.74, 6) is 0. The molecule has 0 saturated heterocycles. The molecule has 2 heterocycles. The van der Waals surface area contributed by atoms with Gasteiger partial charge in [-0.25, -0.2) is 0 Å². The molecule has 3 aromatic rings. The van der Waals surface area contributed by atoms with Gasteiger partial charge in [-0.1, -0.05) is 19.1 Å². The molecule has 6 heteroatoms. The predicted octanol–water partition coefficient (Wildman–Crippen LogP) is 2.82. The van der Waals surface area contributed by atoms with Gasteiger partial charge in [0.1, 0.15) is 0 Å². The molecule has 0 aliphatic rings. The van der Waals surface area contributed by atoms with Gasteiger partial charge >= 0.3 is 0 Å². The molecule has 0 fully saturated rings. The van der Waals surface area contributed by atoms with Crippen LogP contribution in [0.5, 0.6) is 0 Å². The normalized spacial score (nSPS) is 12.7. The number of aryl methyl sites for hydroxylation is 1. The van der Waals surface area contributed by atoms with E-state index >= 15 is 0 Å². The molecule has 108 valence electrons. The van der Waals surface area contributed by atoms with Gasteiger partial charge in [-0.3, -0.25) is 14.6 Å².